The van der Waals surface area contributed by atoms with Crippen molar-refractivity contribution < 1.29 is 0 Å². The summed E-state index contributed by atoms with van der Waals surface area (Å²) < 4.78 is 0. The number of likely N-dealkylation sites (tertiary alicyclic amines) is 1. The topological polar surface area (TPSA) is 15.3 Å². The van der Waals surface area contributed by atoms with E-state index in [2.05, 4.69) is 68.2 Å². The maximum atomic E-state index is 3.70. The van der Waals surface area contributed by atoms with Gasteiger partial charge >= 0.3 is 0 Å². The summed E-state index contributed by atoms with van der Waals surface area (Å²) in [5.41, 5.74) is 1.64. The third-order valence-electron chi connectivity index (χ3n) is 4.62. The second-order valence-corrected chi connectivity index (χ2v) is 6.85. The van der Waals surface area contributed by atoms with E-state index in [9.17, 15) is 0 Å². The van der Waals surface area contributed by atoms with Gasteiger partial charge in [0.2, 0.25) is 0 Å². The van der Waals surface area contributed by atoms with Gasteiger partial charge in [0.05, 0.1) is 0 Å². The molecular formula is C18H30N2. The smallest absolute Gasteiger partial charge is 0.0384 e. The monoisotopic (exact) mass is 274 g/mol. The largest absolute Gasteiger partial charge is 0.310 e. The lowest BCUT2D eigenvalue weighted by molar-refractivity contribution is 0.132. The van der Waals surface area contributed by atoms with Gasteiger partial charge in [-0.1, -0.05) is 51.1 Å². The van der Waals surface area contributed by atoms with Crippen molar-refractivity contribution in [3.63, 3.8) is 0 Å². The lowest BCUT2D eigenvalue weighted by atomic mass is 9.79. The molecule has 1 aliphatic heterocycles. The Balaban J connectivity index is 2.14. The molecule has 1 N–H and O–H groups in total. The van der Waals surface area contributed by atoms with Gasteiger partial charge in [-0.15, -0.1) is 0 Å². The molecule has 0 radical (unpaired) electrons. The number of benzene rings is 1. The quantitative estimate of drug-likeness (QED) is 0.847. The number of nitrogens with one attached hydrogen (secondary N) is 1. The van der Waals surface area contributed by atoms with Crippen LogP contribution < -0.4 is 5.32 Å². The molecule has 0 aromatic heterocycles. The van der Waals surface area contributed by atoms with Gasteiger partial charge in [-0.05, 0) is 43.8 Å². The Morgan fingerprint density at radius 3 is 2.55 bits per heavy atom. The van der Waals surface area contributed by atoms with Crippen LogP contribution in [0.1, 0.15) is 52.1 Å². The molecule has 0 bridgehead atoms. The van der Waals surface area contributed by atoms with Crippen molar-refractivity contribution in [3.8, 4) is 0 Å². The number of hydrogen-bond acceptors (Lipinski definition) is 2. The van der Waals surface area contributed by atoms with Crippen LogP contribution in [0.5, 0.6) is 0 Å². The van der Waals surface area contributed by atoms with E-state index >= 15 is 0 Å². The van der Waals surface area contributed by atoms with Crippen LogP contribution in [0, 0.1) is 5.41 Å². The molecule has 2 atom stereocenters. The highest BCUT2D eigenvalue weighted by Gasteiger charge is 2.34. The molecule has 1 aromatic rings. The van der Waals surface area contributed by atoms with Gasteiger partial charge in [-0.25, -0.2) is 0 Å². The molecular weight excluding hydrogens is 244 g/mol. The van der Waals surface area contributed by atoms with Crippen LogP contribution in [0.4, 0.5) is 0 Å². The summed E-state index contributed by atoms with van der Waals surface area (Å²) in [5, 5.41) is 3.70. The predicted octanol–water partition coefficient (Wildman–Crippen LogP) is 3.85. The highest BCUT2D eigenvalue weighted by atomic mass is 15.2. The summed E-state index contributed by atoms with van der Waals surface area (Å²) in [7, 11) is 0. The lowest BCUT2D eigenvalue weighted by Gasteiger charge is -2.39. The van der Waals surface area contributed by atoms with Crippen molar-refractivity contribution in [2.45, 2.75) is 52.6 Å². The zero-order chi connectivity index (χ0) is 14.6. The van der Waals surface area contributed by atoms with Gasteiger partial charge in [0, 0.05) is 18.6 Å². The van der Waals surface area contributed by atoms with Gasteiger partial charge in [0.25, 0.3) is 0 Å². The molecule has 0 amide bonds. The molecule has 1 fully saturated rings. The molecule has 0 saturated carbocycles. The van der Waals surface area contributed by atoms with Crippen LogP contribution in [0.25, 0.3) is 0 Å². The minimum atomic E-state index is 0.232. The van der Waals surface area contributed by atoms with Crippen LogP contribution >= 0.6 is 0 Å². The SMILES string of the molecule is CCNC(c1ccccc1)C(C)(C)CN1CCCC1C. The van der Waals surface area contributed by atoms with E-state index in [0.717, 1.165) is 12.6 Å². The van der Waals surface area contributed by atoms with E-state index in [-0.39, 0.29) is 5.41 Å². The molecule has 1 aliphatic rings. The first-order chi connectivity index (χ1) is 9.54. The van der Waals surface area contributed by atoms with Gasteiger partial charge in [-0.3, -0.25) is 0 Å². The normalized spacial score (nSPS) is 22.1. The Hall–Kier alpha value is -0.860. The third-order valence-corrected chi connectivity index (χ3v) is 4.62. The van der Waals surface area contributed by atoms with E-state index in [0.29, 0.717) is 6.04 Å². The van der Waals surface area contributed by atoms with Crippen molar-refractivity contribution in [3.05, 3.63) is 35.9 Å². The minimum absolute atomic E-state index is 0.232. The van der Waals surface area contributed by atoms with Crippen molar-refractivity contribution in [1.82, 2.24) is 10.2 Å². The molecule has 1 heterocycles. The lowest BCUT2D eigenvalue weighted by Crippen LogP contribution is -2.44. The number of rotatable bonds is 6. The van der Waals surface area contributed by atoms with Crippen molar-refractivity contribution >= 4 is 0 Å². The average molecular weight is 274 g/mol. The first kappa shape index (κ1) is 15.5. The van der Waals surface area contributed by atoms with Gasteiger partial charge < -0.3 is 10.2 Å². The minimum Gasteiger partial charge on any atom is -0.310 e. The van der Waals surface area contributed by atoms with Crippen molar-refractivity contribution in [2.75, 3.05) is 19.6 Å². The fourth-order valence-electron chi connectivity index (χ4n) is 3.54. The highest BCUT2D eigenvalue weighted by molar-refractivity contribution is 5.21. The second-order valence-electron chi connectivity index (χ2n) is 6.85. The standard InChI is InChI=1S/C18H30N2/c1-5-19-17(16-11-7-6-8-12-16)18(3,4)14-20-13-9-10-15(20)2/h6-8,11-12,15,17,19H,5,9-10,13-14H2,1-4H3. The van der Waals surface area contributed by atoms with Gasteiger partial charge in [0.1, 0.15) is 0 Å². The molecule has 1 aromatic carbocycles. The Kier molecular flexibility index (Phi) is 5.22. The van der Waals surface area contributed by atoms with Crippen LogP contribution in [0.3, 0.4) is 0 Å². The summed E-state index contributed by atoms with van der Waals surface area (Å²) >= 11 is 0. The third kappa shape index (κ3) is 3.62. The number of hydrogen-bond donors (Lipinski definition) is 1. The van der Waals surface area contributed by atoms with E-state index in [1.54, 1.807) is 0 Å². The molecule has 2 nitrogen and oxygen atoms in total. The predicted molar refractivity (Wildman–Crippen MR) is 86.9 cm³/mol. The summed E-state index contributed by atoms with van der Waals surface area (Å²) in [5.74, 6) is 0. The average Bonchev–Trinajstić information content (AvgIpc) is 2.82. The van der Waals surface area contributed by atoms with Crippen LogP contribution in [0.2, 0.25) is 0 Å². The summed E-state index contributed by atoms with van der Waals surface area (Å²) in [6.45, 7) is 12.8. The molecule has 2 unspecified atom stereocenters. The zero-order valence-corrected chi connectivity index (χ0v) is 13.5. The number of nitrogens with zero attached hydrogens (tertiary/aromatic N) is 1. The molecule has 0 aliphatic carbocycles. The molecule has 20 heavy (non-hydrogen) atoms. The highest BCUT2D eigenvalue weighted by Crippen LogP contribution is 2.35. The second kappa shape index (κ2) is 6.73. The summed E-state index contributed by atoms with van der Waals surface area (Å²) in [6, 6.07) is 12.1. The van der Waals surface area contributed by atoms with Crippen LogP contribution in [-0.2, 0) is 0 Å². The fraction of sp³-hybridized carbons (Fsp3) is 0.667. The molecule has 0 spiro atoms. The van der Waals surface area contributed by atoms with Crippen molar-refractivity contribution in [2.24, 2.45) is 5.41 Å². The van der Waals surface area contributed by atoms with E-state index in [1.165, 1.54) is 31.5 Å². The van der Waals surface area contributed by atoms with Crippen LogP contribution in [0.15, 0.2) is 30.3 Å². The Morgan fingerprint density at radius 2 is 2.00 bits per heavy atom. The maximum Gasteiger partial charge on any atom is 0.0384 e. The van der Waals surface area contributed by atoms with Gasteiger partial charge in [0.15, 0.2) is 0 Å². The van der Waals surface area contributed by atoms with E-state index in [1.807, 2.05) is 0 Å². The Bertz CT molecular complexity index is 399. The molecule has 112 valence electrons. The zero-order valence-electron chi connectivity index (χ0n) is 13.5. The van der Waals surface area contributed by atoms with Gasteiger partial charge in [-0.2, -0.15) is 0 Å². The summed E-state index contributed by atoms with van der Waals surface area (Å²) in [4.78, 5) is 2.66. The molecule has 2 rings (SSSR count). The molecule has 2 heteroatoms. The summed E-state index contributed by atoms with van der Waals surface area (Å²) in [6.07, 6.45) is 2.71. The molecule has 1 saturated heterocycles. The van der Waals surface area contributed by atoms with E-state index < -0.39 is 0 Å². The van der Waals surface area contributed by atoms with E-state index in [4.69, 9.17) is 0 Å². The first-order valence-electron chi connectivity index (χ1n) is 8.07. The van der Waals surface area contributed by atoms with Crippen molar-refractivity contribution in [1.29, 1.82) is 0 Å². The maximum absolute atomic E-state index is 3.70. The first-order valence-corrected chi connectivity index (χ1v) is 8.07. The Morgan fingerprint density at radius 1 is 1.30 bits per heavy atom. The van der Waals surface area contributed by atoms with Crippen LogP contribution in [-0.4, -0.2) is 30.6 Å². The fourth-order valence-corrected chi connectivity index (χ4v) is 3.54. The Labute approximate surface area is 124 Å².